The van der Waals surface area contributed by atoms with Crippen LogP contribution in [0.1, 0.15) is 29.7 Å². The molecule has 2 atom stereocenters. The lowest BCUT2D eigenvalue weighted by Crippen LogP contribution is -2.42. The van der Waals surface area contributed by atoms with Crippen molar-refractivity contribution in [2.45, 2.75) is 25.9 Å². The van der Waals surface area contributed by atoms with Crippen LogP contribution in [0.25, 0.3) is 0 Å². The Bertz CT molecular complexity index is 776. The molecule has 0 saturated carbocycles. The second-order valence-electron chi connectivity index (χ2n) is 6.71. The van der Waals surface area contributed by atoms with Crippen molar-refractivity contribution in [2.24, 2.45) is 11.7 Å². The van der Waals surface area contributed by atoms with E-state index < -0.39 is 0 Å². The van der Waals surface area contributed by atoms with Gasteiger partial charge >= 0.3 is 0 Å². The summed E-state index contributed by atoms with van der Waals surface area (Å²) in [6, 6.07) is 13.5. The number of hydrogen-bond acceptors (Lipinski definition) is 4. The van der Waals surface area contributed by atoms with Crippen LogP contribution in [0.2, 0.25) is 0 Å². The molecule has 0 saturated heterocycles. The van der Waals surface area contributed by atoms with Crippen LogP contribution in [0.15, 0.2) is 42.5 Å². The van der Waals surface area contributed by atoms with Gasteiger partial charge in [-0.3, -0.25) is 4.79 Å². The third-order valence-electron chi connectivity index (χ3n) is 5.14. The maximum Gasteiger partial charge on any atom is 0.227 e. The van der Waals surface area contributed by atoms with Crippen molar-refractivity contribution in [3.05, 3.63) is 59.2 Å². The fourth-order valence-electron chi connectivity index (χ4n) is 3.48. The van der Waals surface area contributed by atoms with Gasteiger partial charge < -0.3 is 20.1 Å². The molecule has 1 heterocycles. The van der Waals surface area contributed by atoms with Gasteiger partial charge in [-0.2, -0.15) is 0 Å². The van der Waals surface area contributed by atoms with E-state index in [1.807, 2.05) is 54.3 Å². The standard InChI is InChI=1S/C21H26N2O3/c1-14(20(22)15-7-5-4-6-8-15)21(24)23-10-9-16-11-18(25-2)19(26-3)12-17(16)13-23/h4-8,11-12,14,20H,9-10,13,22H2,1-3H3. The van der Waals surface area contributed by atoms with E-state index in [0.717, 1.165) is 23.3 Å². The lowest BCUT2D eigenvalue weighted by molar-refractivity contribution is -0.136. The first kappa shape index (κ1) is 18.3. The van der Waals surface area contributed by atoms with Gasteiger partial charge in [-0.05, 0) is 35.2 Å². The molecule has 0 fully saturated rings. The zero-order valence-corrected chi connectivity index (χ0v) is 15.6. The molecular weight excluding hydrogens is 328 g/mol. The van der Waals surface area contributed by atoms with Crippen LogP contribution in [0.5, 0.6) is 11.5 Å². The average molecular weight is 354 g/mol. The number of ether oxygens (including phenoxy) is 2. The number of fused-ring (bicyclic) bond motifs is 1. The molecule has 0 aliphatic carbocycles. The van der Waals surface area contributed by atoms with E-state index in [9.17, 15) is 4.79 Å². The Labute approximate surface area is 154 Å². The van der Waals surface area contributed by atoms with Crippen molar-refractivity contribution < 1.29 is 14.3 Å². The van der Waals surface area contributed by atoms with Crippen molar-refractivity contribution in [1.82, 2.24) is 4.90 Å². The number of methoxy groups -OCH3 is 2. The van der Waals surface area contributed by atoms with E-state index in [4.69, 9.17) is 15.2 Å². The van der Waals surface area contributed by atoms with Gasteiger partial charge in [-0.1, -0.05) is 37.3 Å². The van der Waals surface area contributed by atoms with Gasteiger partial charge in [-0.25, -0.2) is 0 Å². The number of benzene rings is 2. The first-order valence-electron chi connectivity index (χ1n) is 8.88. The molecule has 26 heavy (non-hydrogen) atoms. The van der Waals surface area contributed by atoms with Gasteiger partial charge in [0.15, 0.2) is 11.5 Å². The van der Waals surface area contributed by atoms with Crippen molar-refractivity contribution in [1.29, 1.82) is 0 Å². The zero-order chi connectivity index (χ0) is 18.7. The molecule has 1 aliphatic rings. The van der Waals surface area contributed by atoms with E-state index >= 15 is 0 Å². The second kappa shape index (κ2) is 7.79. The smallest absolute Gasteiger partial charge is 0.227 e. The largest absolute Gasteiger partial charge is 0.493 e. The Kier molecular flexibility index (Phi) is 5.47. The Morgan fingerprint density at radius 2 is 1.69 bits per heavy atom. The van der Waals surface area contributed by atoms with E-state index in [1.165, 1.54) is 5.56 Å². The fraction of sp³-hybridized carbons (Fsp3) is 0.381. The van der Waals surface area contributed by atoms with E-state index in [-0.39, 0.29) is 17.9 Å². The number of carbonyl (C=O) groups is 1. The van der Waals surface area contributed by atoms with Crippen LogP contribution in [0.3, 0.4) is 0 Å². The van der Waals surface area contributed by atoms with E-state index in [2.05, 4.69) is 0 Å². The normalized spacial score (nSPS) is 15.8. The van der Waals surface area contributed by atoms with Crippen LogP contribution < -0.4 is 15.2 Å². The topological polar surface area (TPSA) is 64.8 Å². The minimum atomic E-state index is -0.310. The third-order valence-corrected chi connectivity index (χ3v) is 5.14. The Balaban J connectivity index is 1.76. The summed E-state index contributed by atoms with van der Waals surface area (Å²) in [6.45, 7) is 3.16. The number of hydrogen-bond donors (Lipinski definition) is 1. The van der Waals surface area contributed by atoms with Crippen molar-refractivity contribution in [2.75, 3.05) is 20.8 Å². The maximum absolute atomic E-state index is 13.0. The molecular formula is C21H26N2O3. The molecule has 2 unspecified atom stereocenters. The van der Waals surface area contributed by atoms with Crippen molar-refractivity contribution >= 4 is 5.91 Å². The molecule has 1 aliphatic heterocycles. The highest BCUT2D eigenvalue weighted by molar-refractivity contribution is 5.80. The third kappa shape index (κ3) is 3.53. The van der Waals surface area contributed by atoms with E-state index in [0.29, 0.717) is 18.8 Å². The highest BCUT2D eigenvalue weighted by Crippen LogP contribution is 2.34. The molecule has 5 nitrogen and oxygen atoms in total. The number of rotatable bonds is 5. The molecule has 2 aromatic rings. The van der Waals surface area contributed by atoms with Crippen LogP contribution in [0, 0.1) is 5.92 Å². The Hall–Kier alpha value is -2.53. The predicted octanol–water partition coefficient (Wildman–Crippen LogP) is 2.92. The fourth-order valence-corrected chi connectivity index (χ4v) is 3.48. The Morgan fingerprint density at radius 3 is 2.31 bits per heavy atom. The van der Waals surface area contributed by atoms with Crippen LogP contribution in [-0.2, 0) is 17.8 Å². The van der Waals surface area contributed by atoms with Crippen LogP contribution in [-0.4, -0.2) is 31.6 Å². The predicted molar refractivity (Wildman–Crippen MR) is 101 cm³/mol. The average Bonchev–Trinajstić information content (AvgIpc) is 2.71. The molecule has 0 spiro atoms. The molecule has 2 N–H and O–H groups in total. The highest BCUT2D eigenvalue weighted by Gasteiger charge is 2.29. The number of nitrogens with two attached hydrogens (primary N) is 1. The van der Waals surface area contributed by atoms with Gasteiger partial charge in [0.25, 0.3) is 0 Å². The lowest BCUT2D eigenvalue weighted by Gasteiger charge is -2.33. The van der Waals surface area contributed by atoms with Crippen molar-refractivity contribution in [3.63, 3.8) is 0 Å². The monoisotopic (exact) mass is 354 g/mol. The lowest BCUT2D eigenvalue weighted by atomic mass is 9.92. The highest BCUT2D eigenvalue weighted by atomic mass is 16.5. The number of carbonyl (C=O) groups excluding carboxylic acids is 1. The Morgan fingerprint density at radius 1 is 1.08 bits per heavy atom. The summed E-state index contributed by atoms with van der Waals surface area (Å²) < 4.78 is 10.8. The molecule has 138 valence electrons. The van der Waals surface area contributed by atoms with E-state index in [1.54, 1.807) is 14.2 Å². The maximum atomic E-state index is 13.0. The molecule has 0 radical (unpaired) electrons. The second-order valence-corrected chi connectivity index (χ2v) is 6.71. The summed E-state index contributed by atoms with van der Waals surface area (Å²) >= 11 is 0. The summed E-state index contributed by atoms with van der Waals surface area (Å²) in [5.74, 6) is 1.22. The number of amides is 1. The summed E-state index contributed by atoms with van der Waals surface area (Å²) in [5, 5.41) is 0. The molecule has 0 bridgehead atoms. The van der Waals surface area contributed by atoms with Crippen molar-refractivity contribution in [3.8, 4) is 11.5 Å². The van der Waals surface area contributed by atoms with Gasteiger partial charge in [0.1, 0.15) is 0 Å². The van der Waals surface area contributed by atoms with Gasteiger partial charge in [-0.15, -0.1) is 0 Å². The van der Waals surface area contributed by atoms with Crippen LogP contribution in [0.4, 0.5) is 0 Å². The summed E-state index contributed by atoms with van der Waals surface area (Å²) in [5.41, 5.74) is 9.62. The molecule has 5 heteroatoms. The first-order chi connectivity index (χ1) is 12.5. The van der Waals surface area contributed by atoms with Crippen LogP contribution >= 0.6 is 0 Å². The molecule has 0 aromatic heterocycles. The van der Waals surface area contributed by atoms with Gasteiger partial charge in [0.05, 0.1) is 20.1 Å². The summed E-state index contributed by atoms with van der Waals surface area (Å²) in [4.78, 5) is 14.9. The zero-order valence-electron chi connectivity index (χ0n) is 15.6. The quantitative estimate of drug-likeness (QED) is 0.897. The molecule has 3 rings (SSSR count). The van der Waals surface area contributed by atoms with Gasteiger partial charge in [0, 0.05) is 19.1 Å². The number of nitrogens with zero attached hydrogens (tertiary/aromatic N) is 1. The minimum absolute atomic E-state index is 0.0850. The van der Waals surface area contributed by atoms with Gasteiger partial charge in [0.2, 0.25) is 5.91 Å². The summed E-state index contributed by atoms with van der Waals surface area (Å²) in [6.07, 6.45) is 0.800. The molecule has 1 amide bonds. The first-order valence-corrected chi connectivity index (χ1v) is 8.88. The summed E-state index contributed by atoms with van der Waals surface area (Å²) in [7, 11) is 3.26. The molecule has 2 aromatic carbocycles. The SMILES string of the molecule is COc1cc2c(cc1OC)CN(C(=O)C(C)C(N)c1ccccc1)CC2. The minimum Gasteiger partial charge on any atom is -0.493 e.